The van der Waals surface area contributed by atoms with Crippen LogP contribution in [0.1, 0.15) is 46.0 Å². The van der Waals surface area contributed by atoms with Crippen molar-refractivity contribution in [3.05, 3.63) is 24.3 Å². The predicted molar refractivity (Wildman–Crippen MR) is 98.4 cm³/mol. The number of hydrogen-bond acceptors (Lipinski definition) is 3. The van der Waals surface area contributed by atoms with Crippen molar-refractivity contribution in [2.24, 2.45) is 5.92 Å². The number of anilines is 2. The van der Waals surface area contributed by atoms with Gasteiger partial charge >= 0.3 is 0 Å². The van der Waals surface area contributed by atoms with E-state index in [1.165, 1.54) is 20.3 Å². The Kier molecular flexibility index (Phi) is 6.98. The van der Waals surface area contributed by atoms with Crippen molar-refractivity contribution in [3.8, 4) is 0 Å². The molecule has 1 aromatic carbocycles. The smallest absolute Gasteiger partial charge is 0.223 e. The highest BCUT2D eigenvalue weighted by molar-refractivity contribution is 5.94. The minimum atomic E-state index is -0.161. The van der Waals surface area contributed by atoms with Gasteiger partial charge < -0.3 is 15.5 Å². The first kappa shape index (κ1) is 19.0. The molecule has 0 bridgehead atoms. The average Bonchev–Trinajstić information content (AvgIpc) is 2.58. The highest BCUT2D eigenvalue weighted by atomic mass is 16.2. The largest absolute Gasteiger partial charge is 0.354 e. The SMILES string of the molecule is CC(=O)Nc1cccc(N(CCNC(=O)C2CCCCC2)C(C)=O)c1. The lowest BCUT2D eigenvalue weighted by atomic mass is 9.89. The number of benzene rings is 1. The zero-order chi connectivity index (χ0) is 18.2. The highest BCUT2D eigenvalue weighted by Crippen LogP contribution is 2.23. The van der Waals surface area contributed by atoms with Gasteiger partial charge in [-0.3, -0.25) is 14.4 Å². The van der Waals surface area contributed by atoms with Crippen LogP contribution in [-0.2, 0) is 14.4 Å². The van der Waals surface area contributed by atoms with E-state index in [1.54, 1.807) is 23.1 Å². The van der Waals surface area contributed by atoms with Gasteiger partial charge in [0.15, 0.2) is 0 Å². The maximum absolute atomic E-state index is 12.2. The first-order valence-electron chi connectivity index (χ1n) is 8.91. The number of carbonyl (C=O) groups is 3. The van der Waals surface area contributed by atoms with Crippen molar-refractivity contribution in [1.29, 1.82) is 0 Å². The summed E-state index contributed by atoms with van der Waals surface area (Å²) < 4.78 is 0. The fraction of sp³-hybridized carbons (Fsp3) is 0.526. The lowest BCUT2D eigenvalue weighted by molar-refractivity contribution is -0.126. The van der Waals surface area contributed by atoms with Crippen molar-refractivity contribution in [3.63, 3.8) is 0 Å². The molecule has 0 heterocycles. The second-order valence-corrected chi connectivity index (χ2v) is 6.53. The van der Waals surface area contributed by atoms with Gasteiger partial charge in [0.05, 0.1) is 0 Å². The van der Waals surface area contributed by atoms with Crippen LogP contribution in [0.5, 0.6) is 0 Å². The van der Waals surface area contributed by atoms with Crippen LogP contribution in [-0.4, -0.2) is 30.8 Å². The minimum Gasteiger partial charge on any atom is -0.354 e. The summed E-state index contributed by atoms with van der Waals surface area (Å²) in [6.07, 6.45) is 5.37. The van der Waals surface area contributed by atoms with E-state index in [0.29, 0.717) is 24.5 Å². The van der Waals surface area contributed by atoms with Crippen LogP contribution in [0.4, 0.5) is 11.4 Å². The molecule has 0 unspecified atom stereocenters. The molecule has 1 aliphatic rings. The molecule has 0 aliphatic heterocycles. The zero-order valence-electron chi connectivity index (χ0n) is 15.0. The van der Waals surface area contributed by atoms with E-state index in [-0.39, 0.29) is 23.6 Å². The van der Waals surface area contributed by atoms with Gasteiger partial charge in [-0.1, -0.05) is 25.3 Å². The van der Waals surface area contributed by atoms with E-state index in [9.17, 15) is 14.4 Å². The van der Waals surface area contributed by atoms with Crippen LogP contribution in [0.25, 0.3) is 0 Å². The molecule has 0 atom stereocenters. The molecule has 1 saturated carbocycles. The Balaban J connectivity index is 1.93. The minimum absolute atomic E-state index is 0.0928. The number of nitrogens with one attached hydrogen (secondary N) is 2. The second-order valence-electron chi connectivity index (χ2n) is 6.53. The lowest BCUT2D eigenvalue weighted by Gasteiger charge is -2.24. The van der Waals surface area contributed by atoms with E-state index < -0.39 is 0 Å². The van der Waals surface area contributed by atoms with Crippen molar-refractivity contribution in [1.82, 2.24) is 5.32 Å². The molecule has 6 nitrogen and oxygen atoms in total. The third-order valence-corrected chi connectivity index (χ3v) is 4.47. The molecule has 136 valence electrons. The number of rotatable bonds is 6. The molecule has 25 heavy (non-hydrogen) atoms. The molecular weight excluding hydrogens is 318 g/mol. The number of nitrogens with zero attached hydrogens (tertiary/aromatic N) is 1. The third-order valence-electron chi connectivity index (χ3n) is 4.47. The summed E-state index contributed by atoms with van der Waals surface area (Å²) in [5.41, 5.74) is 1.34. The zero-order valence-corrected chi connectivity index (χ0v) is 15.0. The second kappa shape index (κ2) is 9.20. The molecule has 2 N–H and O–H groups in total. The molecule has 6 heteroatoms. The summed E-state index contributed by atoms with van der Waals surface area (Å²) in [7, 11) is 0. The molecule has 1 aromatic rings. The fourth-order valence-corrected chi connectivity index (χ4v) is 3.22. The van der Waals surface area contributed by atoms with Crippen LogP contribution in [0.15, 0.2) is 24.3 Å². The molecule has 0 aromatic heterocycles. The first-order valence-corrected chi connectivity index (χ1v) is 8.91. The topological polar surface area (TPSA) is 78.5 Å². The number of carbonyl (C=O) groups excluding carboxylic acids is 3. The Morgan fingerprint density at radius 1 is 1.12 bits per heavy atom. The Bertz CT molecular complexity index is 624. The Hall–Kier alpha value is -2.37. The monoisotopic (exact) mass is 345 g/mol. The molecular formula is C19H27N3O3. The molecule has 0 spiro atoms. The van der Waals surface area contributed by atoms with Gasteiger partial charge in [-0.25, -0.2) is 0 Å². The van der Waals surface area contributed by atoms with Gasteiger partial charge in [0, 0.05) is 44.2 Å². The fourth-order valence-electron chi connectivity index (χ4n) is 3.22. The maximum Gasteiger partial charge on any atom is 0.223 e. The highest BCUT2D eigenvalue weighted by Gasteiger charge is 2.21. The predicted octanol–water partition coefficient (Wildman–Crippen LogP) is 2.69. The van der Waals surface area contributed by atoms with Gasteiger partial charge in [0.2, 0.25) is 17.7 Å². The van der Waals surface area contributed by atoms with Gasteiger partial charge in [0.25, 0.3) is 0 Å². The molecule has 0 saturated heterocycles. The summed E-state index contributed by atoms with van der Waals surface area (Å²) in [5.74, 6) is -0.0593. The van der Waals surface area contributed by atoms with E-state index in [2.05, 4.69) is 10.6 Å². The Labute approximate surface area is 149 Å². The molecule has 3 amide bonds. The van der Waals surface area contributed by atoms with Crippen LogP contribution >= 0.6 is 0 Å². The van der Waals surface area contributed by atoms with Crippen molar-refractivity contribution in [2.45, 2.75) is 46.0 Å². The number of amides is 3. The first-order chi connectivity index (χ1) is 12.0. The van der Waals surface area contributed by atoms with E-state index in [1.807, 2.05) is 6.07 Å². The average molecular weight is 345 g/mol. The standard InChI is InChI=1S/C19H27N3O3/c1-14(23)21-17-9-6-10-18(13-17)22(15(2)24)12-11-20-19(25)16-7-4-3-5-8-16/h6,9-10,13,16H,3-5,7-8,11-12H2,1-2H3,(H,20,25)(H,21,23). The van der Waals surface area contributed by atoms with Gasteiger partial charge in [-0.15, -0.1) is 0 Å². The molecule has 1 aliphatic carbocycles. The van der Waals surface area contributed by atoms with Gasteiger partial charge in [0.1, 0.15) is 0 Å². The van der Waals surface area contributed by atoms with Crippen LogP contribution in [0, 0.1) is 5.92 Å². The lowest BCUT2D eigenvalue weighted by Crippen LogP contribution is -2.40. The van der Waals surface area contributed by atoms with Gasteiger partial charge in [-0.2, -0.15) is 0 Å². The molecule has 0 radical (unpaired) electrons. The van der Waals surface area contributed by atoms with Gasteiger partial charge in [-0.05, 0) is 31.0 Å². The summed E-state index contributed by atoms with van der Waals surface area (Å²) in [5, 5.41) is 5.66. The maximum atomic E-state index is 12.2. The summed E-state index contributed by atoms with van der Waals surface area (Å²) in [4.78, 5) is 37.0. The van der Waals surface area contributed by atoms with E-state index >= 15 is 0 Å². The molecule has 2 rings (SSSR count). The van der Waals surface area contributed by atoms with Crippen LogP contribution < -0.4 is 15.5 Å². The summed E-state index contributed by atoms with van der Waals surface area (Å²) in [6, 6.07) is 7.13. The summed E-state index contributed by atoms with van der Waals surface area (Å²) in [6.45, 7) is 3.75. The summed E-state index contributed by atoms with van der Waals surface area (Å²) >= 11 is 0. The van der Waals surface area contributed by atoms with Crippen molar-refractivity contribution < 1.29 is 14.4 Å². The quantitative estimate of drug-likeness (QED) is 0.832. The van der Waals surface area contributed by atoms with E-state index in [4.69, 9.17) is 0 Å². The Morgan fingerprint density at radius 2 is 1.84 bits per heavy atom. The normalized spacial score (nSPS) is 14.6. The van der Waals surface area contributed by atoms with Crippen molar-refractivity contribution in [2.75, 3.05) is 23.3 Å². The van der Waals surface area contributed by atoms with E-state index in [0.717, 1.165) is 25.7 Å². The van der Waals surface area contributed by atoms with Crippen molar-refractivity contribution >= 4 is 29.1 Å². The Morgan fingerprint density at radius 3 is 2.48 bits per heavy atom. The van der Waals surface area contributed by atoms with Crippen LogP contribution in [0.3, 0.4) is 0 Å². The number of hydrogen-bond donors (Lipinski definition) is 2. The third kappa shape index (κ3) is 5.89. The van der Waals surface area contributed by atoms with Crippen LogP contribution in [0.2, 0.25) is 0 Å². The molecule has 1 fully saturated rings.